The van der Waals surface area contributed by atoms with E-state index in [9.17, 15) is 4.79 Å². The predicted octanol–water partition coefficient (Wildman–Crippen LogP) is 3.21. The number of hydrogen-bond donors (Lipinski definition) is 1. The van der Waals surface area contributed by atoms with Crippen LogP contribution in [-0.2, 0) is 11.3 Å². The average molecular weight is 318 g/mol. The molecule has 1 amide bonds. The molecule has 1 aromatic carbocycles. The molecule has 1 aliphatic heterocycles. The summed E-state index contributed by atoms with van der Waals surface area (Å²) < 4.78 is 5.70. The van der Waals surface area contributed by atoms with Gasteiger partial charge in [0.2, 0.25) is 5.91 Å². The smallest absolute Gasteiger partial charge is 0.223 e. The molecule has 1 aromatic rings. The van der Waals surface area contributed by atoms with Crippen molar-refractivity contribution in [3.63, 3.8) is 0 Å². The number of carbonyl (C=O) groups is 1. The fourth-order valence-corrected chi connectivity index (χ4v) is 2.99. The molecule has 0 saturated carbocycles. The Kier molecular flexibility index (Phi) is 6.90. The Balaban J connectivity index is 1.84. The normalized spacial score (nSPS) is 17.7. The molecule has 0 radical (unpaired) electrons. The predicted molar refractivity (Wildman–Crippen MR) is 93.5 cm³/mol. The van der Waals surface area contributed by atoms with E-state index in [2.05, 4.69) is 36.2 Å². The number of nitrogens with one attached hydrogen (secondary N) is 1. The quantitative estimate of drug-likeness (QED) is 0.839. The molecule has 0 bridgehead atoms. The fourth-order valence-electron chi connectivity index (χ4n) is 2.99. The van der Waals surface area contributed by atoms with Crippen LogP contribution in [0.15, 0.2) is 24.3 Å². The molecule has 23 heavy (non-hydrogen) atoms. The standard InChI is InChI=1S/C19H30N2O2/c1-4-15(3)20-19(22)16-10-12-21(13-11-16)14-17-8-6-7-9-18(17)23-5-2/h6-9,15-16H,4-5,10-14H2,1-3H3,(H,20,22)/t15-/m0/s1. The zero-order valence-electron chi connectivity index (χ0n) is 14.7. The molecule has 0 spiro atoms. The lowest BCUT2D eigenvalue weighted by Gasteiger charge is -2.32. The second kappa shape index (κ2) is 8.92. The summed E-state index contributed by atoms with van der Waals surface area (Å²) in [5, 5.41) is 3.11. The minimum absolute atomic E-state index is 0.169. The highest BCUT2D eigenvalue weighted by molar-refractivity contribution is 5.79. The highest BCUT2D eigenvalue weighted by Crippen LogP contribution is 2.24. The SMILES string of the molecule is CCOc1ccccc1CN1CCC(C(=O)N[C@@H](C)CC)CC1. The number of nitrogens with zero attached hydrogens (tertiary/aromatic N) is 1. The van der Waals surface area contributed by atoms with E-state index in [1.807, 2.05) is 19.1 Å². The van der Waals surface area contributed by atoms with Crippen LogP contribution in [0.25, 0.3) is 0 Å². The first-order valence-corrected chi connectivity index (χ1v) is 8.87. The van der Waals surface area contributed by atoms with Crippen LogP contribution in [-0.4, -0.2) is 36.5 Å². The third kappa shape index (κ3) is 5.24. The number of amides is 1. The minimum Gasteiger partial charge on any atom is -0.494 e. The van der Waals surface area contributed by atoms with Crippen molar-refractivity contribution in [2.24, 2.45) is 5.92 Å². The van der Waals surface area contributed by atoms with E-state index in [1.165, 1.54) is 5.56 Å². The first-order valence-electron chi connectivity index (χ1n) is 8.87. The Morgan fingerprint density at radius 3 is 2.65 bits per heavy atom. The number of piperidine rings is 1. The van der Waals surface area contributed by atoms with Crippen molar-refractivity contribution in [2.45, 2.75) is 52.6 Å². The average Bonchev–Trinajstić information content (AvgIpc) is 2.57. The van der Waals surface area contributed by atoms with Crippen LogP contribution in [0.1, 0.15) is 45.6 Å². The molecule has 1 N–H and O–H groups in total. The van der Waals surface area contributed by atoms with Crippen LogP contribution in [0.5, 0.6) is 5.75 Å². The van der Waals surface area contributed by atoms with Gasteiger partial charge in [0, 0.05) is 24.1 Å². The van der Waals surface area contributed by atoms with Crippen molar-refractivity contribution in [2.75, 3.05) is 19.7 Å². The number of benzene rings is 1. The van der Waals surface area contributed by atoms with Gasteiger partial charge in [-0.3, -0.25) is 9.69 Å². The van der Waals surface area contributed by atoms with Crippen LogP contribution in [0, 0.1) is 5.92 Å². The Labute approximate surface area is 140 Å². The largest absolute Gasteiger partial charge is 0.494 e. The topological polar surface area (TPSA) is 41.6 Å². The molecule has 0 aliphatic carbocycles. The zero-order valence-corrected chi connectivity index (χ0v) is 14.7. The molecular formula is C19H30N2O2. The van der Waals surface area contributed by atoms with Gasteiger partial charge < -0.3 is 10.1 Å². The first kappa shape index (κ1) is 17.8. The van der Waals surface area contributed by atoms with Crippen molar-refractivity contribution in [1.29, 1.82) is 0 Å². The van der Waals surface area contributed by atoms with Crippen LogP contribution in [0.2, 0.25) is 0 Å². The third-order valence-electron chi connectivity index (χ3n) is 4.63. The van der Waals surface area contributed by atoms with Gasteiger partial charge in [0.25, 0.3) is 0 Å². The highest BCUT2D eigenvalue weighted by atomic mass is 16.5. The van der Waals surface area contributed by atoms with E-state index in [1.54, 1.807) is 0 Å². The van der Waals surface area contributed by atoms with Crippen LogP contribution >= 0.6 is 0 Å². The van der Waals surface area contributed by atoms with Crippen molar-refractivity contribution in [3.05, 3.63) is 29.8 Å². The maximum Gasteiger partial charge on any atom is 0.223 e. The number of likely N-dealkylation sites (tertiary alicyclic amines) is 1. The van der Waals surface area contributed by atoms with Gasteiger partial charge in [0.15, 0.2) is 0 Å². The Bertz CT molecular complexity index is 496. The molecule has 4 heteroatoms. The lowest BCUT2D eigenvalue weighted by Crippen LogP contribution is -2.42. The number of para-hydroxylation sites is 1. The molecule has 1 fully saturated rings. The first-order chi connectivity index (χ1) is 11.1. The summed E-state index contributed by atoms with van der Waals surface area (Å²) in [7, 11) is 0. The van der Waals surface area contributed by atoms with Crippen LogP contribution < -0.4 is 10.1 Å². The number of carbonyl (C=O) groups excluding carboxylic acids is 1. The number of hydrogen-bond acceptors (Lipinski definition) is 3. The van der Waals surface area contributed by atoms with Crippen molar-refractivity contribution in [3.8, 4) is 5.75 Å². The lowest BCUT2D eigenvalue weighted by atomic mass is 9.95. The summed E-state index contributed by atoms with van der Waals surface area (Å²) in [6.07, 6.45) is 2.87. The van der Waals surface area contributed by atoms with Gasteiger partial charge in [0.05, 0.1) is 6.61 Å². The van der Waals surface area contributed by atoms with E-state index in [-0.39, 0.29) is 17.9 Å². The summed E-state index contributed by atoms with van der Waals surface area (Å²) in [5.41, 5.74) is 1.23. The summed E-state index contributed by atoms with van der Waals surface area (Å²) in [4.78, 5) is 14.6. The Morgan fingerprint density at radius 2 is 2.00 bits per heavy atom. The van der Waals surface area contributed by atoms with Crippen LogP contribution in [0.4, 0.5) is 0 Å². The molecule has 1 aliphatic rings. The van der Waals surface area contributed by atoms with Gasteiger partial charge in [-0.1, -0.05) is 25.1 Å². The van der Waals surface area contributed by atoms with E-state index in [0.29, 0.717) is 6.61 Å². The van der Waals surface area contributed by atoms with E-state index < -0.39 is 0 Å². The zero-order chi connectivity index (χ0) is 16.7. The lowest BCUT2D eigenvalue weighted by molar-refractivity contribution is -0.127. The molecule has 0 unspecified atom stereocenters. The maximum absolute atomic E-state index is 12.2. The molecule has 1 atom stereocenters. The fraction of sp³-hybridized carbons (Fsp3) is 0.632. The van der Waals surface area contributed by atoms with Gasteiger partial charge >= 0.3 is 0 Å². The highest BCUT2D eigenvalue weighted by Gasteiger charge is 2.25. The third-order valence-corrected chi connectivity index (χ3v) is 4.63. The monoisotopic (exact) mass is 318 g/mol. The van der Waals surface area contributed by atoms with Crippen LogP contribution in [0.3, 0.4) is 0 Å². The molecule has 128 valence electrons. The number of rotatable bonds is 7. The molecule has 4 nitrogen and oxygen atoms in total. The molecule has 0 aromatic heterocycles. The van der Waals surface area contributed by atoms with Gasteiger partial charge in [-0.15, -0.1) is 0 Å². The summed E-state index contributed by atoms with van der Waals surface area (Å²) in [6.45, 7) is 9.71. The van der Waals surface area contributed by atoms with E-state index in [4.69, 9.17) is 4.74 Å². The summed E-state index contributed by atoms with van der Waals surface area (Å²) in [5.74, 6) is 1.38. The molecule has 1 saturated heterocycles. The number of ether oxygens (including phenoxy) is 1. The van der Waals surface area contributed by atoms with Crippen molar-refractivity contribution >= 4 is 5.91 Å². The molecular weight excluding hydrogens is 288 g/mol. The second-order valence-electron chi connectivity index (χ2n) is 6.41. The van der Waals surface area contributed by atoms with Crippen molar-refractivity contribution in [1.82, 2.24) is 10.2 Å². The second-order valence-corrected chi connectivity index (χ2v) is 6.41. The molecule has 2 rings (SSSR count). The van der Waals surface area contributed by atoms with Gasteiger partial charge in [0.1, 0.15) is 5.75 Å². The van der Waals surface area contributed by atoms with Gasteiger partial charge in [-0.25, -0.2) is 0 Å². The Hall–Kier alpha value is -1.55. The van der Waals surface area contributed by atoms with E-state index in [0.717, 1.165) is 44.6 Å². The van der Waals surface area contributed by atoms with Gasteiger partial charge in [-0.2, -0.15) is 0 Å². The van der Waals surface area contributed by atoms with E-state index >= 15 is 0 Å². The van der Waals surface area contributed by atoms with Gasteiger partial charge in [-0.05, 0) is 52.3 Å². The summed E-state index contributed by atoms with van der Waals surface area (Å²) in [6, 6.07) is 8.51. The summed E-state index contributed by atoms with van der Waals surface area (Å²) >= 11 is 0. The van der Waals surface area contributed by atoms with Crippen molar-refractivity contribution < 1.29 is 9.53 Å². The Morgan fingerprint density at radius 1 is 1.30 bits per heavy atom. The maximum atomic E-state index is 12.2. The molecule has 1 heterocycles. The minimum atomic E-state index is 0.169.